The fraction of sp³-hybridized carbons (Fsp3) is 0.167. The van der Waals surface area contributed by atoms with E-state index in [2.05, 4.69) is 40.6 Å². The highest BCUT2D eigenvalue weighted by molar-refractivity contribution is 5.75. The summed E-state index contributed by atoms with van der Waals surface area (Å²) in [5.41, 5.74) is 5.22. The van der Waals surface area contributed by atoms with E-state index in [9.17, 15) is 0 Å². The molecule has 0 aliphatic rings. The van der Waals surface area contributed by atoms with Crippen molar-refractivity contribution in [3.63, 3.8) is 0 Å². The Morgan fingerprint density at radius 3 is 1.47 bits per heavy atom. The molecule has 0 radical (unpaired) electrons. The van der Waals surface area contributed by atoms with E-state index in [4.69, 9.17) is 0 Å². The van der Waals surface area contributed by atoms with Gasteiger partial charge in [0, 0.05) is 0 Å². The molecular formula is C24H20N10. The number of aryl methyl sites for hydroxylation is 2. The summed E-state index contributed by atoms with van der Waals surface area (Å²) in [6.07, 6.45) is 10.8. The zero-order valence-corrected chi connectivity index (χ0v) is 18.2. The molecule has 0 aliphatic carbocycles. The first-order chi connectivity index (χ1) is 16.8. The first-order valence-electron chi connectivity index (χ1n) is 11.1. The molecule has 0 saturated carbocycles. The van der Waals surface area contributed by atoms with Gasteiger partial charge in [-0.25, -0.2) is 19.3 Å². The molecule has 2 aromatic carbocycles. The third-order valence-corrected chi connectivity index (χ3v) is 5.54. The lowest BCUT2D eigenvalue weighted by Crippen LogP contribution is -1.99. The number of unbranched alkanes of at least 4 members (excludes halogenated alkanes) is 1. The highest BCUT2D eigenvalue weighted by Crippen LogP contribution is 2.14. The van der Waals surface area contributed by atoms with Gasteiger partial charge in [0.15, 0.2) is 11.6 Å². The van der Waals surface area contributed by atoms with Crippen molar-refractivity contribution in [1.82, 2.24) is 49.9 Å². The number of hydrogen-bond donors (Lipinski definition) is 0. The van der Waals surface area contributed by atoms with E-state index in [0.717, 1.165) is 59.1 Å². The van der Waals surface area contributed by atoms with Crippen LogP contribution in [-0.4, -0.2) is 49.9 Å². The lowest BCUT2D eigenvalue weighted by molar-refractivity contribution is 0.705. The normalized spacial score (nSPS) is 11.4. The average Bonchev–Trinajstić information content (AvgIpc) is 3.56. The van der Waals surface area contributed by atoms with Gasteiger partial charge in [-0.15, -0.1) is 10.2 Å². The SMILES string of the molecule is c1ccc2nc(-n3cc(CCCCc4cn(-c5cnc6ccccc6n5)nn4)nn3)cnc2c1. The van der Waals surface area contributed by atoms with Crippen molar-refractivity contribution in [3.05, 3.63) is 84.7 Å². The molecule has 0 bridgehead atoms. The van der Waals surface area contributed by atoms with Crippen LogP contribution in [0.3, 0.4) is 0 Å². The van der Waals surface area contributed by atoms with Crippen molar-refractivity contribution in [1.29, 1.82) is 0 Å². The minimum atomic E-state index is 0.658. The van der Waals surface area contributed by atoms with Crippen molar-refractivity contribution in [2.75, 3.05) is 0 Å². The summed E-state index contributed by atoms with van der Waals surface area (Å²) < 4.78 is 3.34. The lowest BCUT2D eigenvalue weighted by Gasteiger charge is -2.01. The Balaban J connectivity index is 1.05. The monoisotopic (exact) mass is 448 g/mol. The van der Waals surface area contributed by atoms with E-state index in [1.807, 2.05) is 60.9 Å². The third-order valence-electron chi connectivity index (χ3n) is 5.54. The Morgan fingerprint density at radius 2 is 1.00 bits per heavy atom. The summed E-state index contributed by atoms with van der Waals surface area (Å²) in [4.78, 5) is 18.1. The fourth-order valence-corrected chi connectivity index (χ4v) is 3.78. The first-order valence-corrected chi connectivity index (χ1v) is 11.1. The molecule has 0 aliphatic heterocycles. The van der Waals surface area contributed by atoms with E-state index in [-0.39, 0.29) is 0 Å². The van der Waals surface area contributed by atoms with Crippen molar-refractivity contribution in [3.8, 4) is 11.6 Å². The maximum Gasteiger partial charge on any atom is 0.174 e. The van der Waals surface area contributed by atoms with Crippen LogP contribution in [0.1, 0.15) is 24.2 Å². The number of hydrogen-bond acceptors (Lipinski definition) is 8. The van der Waals surface area contributed by atoms with Crippen LogP contribution in [0.5, 0.6) is 0 Å². The fourth-order valence-electron chi connectivity index (χ4n) is 3.78. The largest absolute Gasteiger partial charge is 0.251 e. The van der Waals surface area contributed by atoms with Gasteiger partial charge in [-0.2, -0.15) is 0 Å². The second-order valence-electron chi connectivity index (χ2n) is 7.95. The van der Waals surface area contributed by atoms with E-state index in [0.29, 0.717) is 11.6 Å². The molecule has 34 heavy (non-hydrogen) atoms. The van der Waals surface area contributed by atoms with Gasteiger partial charge >= 0.3 is 0 Å². The van der Waals surface area contributed by atoms with E-state index < -0.39 is 0 Å². The molecule has 6 rings (SSSR count). The molecule has 0 amide bonds. The first kappa shape index (κ1) is 20.0. The second-order valence-corrected chi connectivity index (χ2v) is 7.95. The van der Waals surface area contributed by atoms with E-state index >= 15 is 0 Å². The molecule has 10 heteroatoms. The minimum Gasteiger partial charge on any atom is -0.251 e. The van der Waals surface area contributed by atoms with Crippen molar-refractivity contribution in [2.24, 2.45) is 0 Å². The van der Waals surface area contributed by atoms with Crippen molar-refractivity contribution in [2.45, 2.75) is 25.7 Å². The Kier molecular flexibility index (Phi) is 5.15. The maximum atomic E-state index is 4.61. The van der Waals surface area contributed by atoms with Crippen LogP contribution in [0.15, 0.2) is 73.3 Å². The lowest BCUT2D eigenvalue weighted by atomic mass is 10.1. The van der Waals surface area contributed by atoms with Gasteiger partial charge in [0.05, 0.1) is 58.2 Å². The third kappa shape index (κ3) is 4.08. The van der Waals surface area contributed by atoms with E-state index in [1.165, 1.54) is 0 Å². The molecule has 6 aromatic rings. The molecular weight excluding hydrogens is 428 g/mol. The number of benzene rings is 2. The number of nitrogens with zero attached hydrogens (tertiary/aromatic N) is 10. The van der Waals surface area contributed by atoms with Crippen LogP contribution in [-0.2, 0) is 12.8 Å². The molecule has 10 nitrogen and oxygen atoms in total. The summed E-state index contributed by atoms with van der Waals surface area (Å²) in [6, 6.07) is 15.5. The number of fused-ring (bicyclic) bond motifs is 2. The number of aromatic nitrogens is 10. The Bertz CT molecular complexity index is 1470. The van der Waals surface area contributed by atoms with Crippen LogP contribution in [0.25, 0.3) is 33.7 Å². The highest BCUT2D eigenvalue weighted by atomic mass is 15.4. The van der Waals surface area contributed by atoms with Gasteiger partial charge in [0.2, 0.25) is 0 Å². The Hall–Kier alpha value is -4.60. The summed E-state index contributed by atoms with van der Waals surface area (Å²) in [5.74, 6) is 1.32. The Labute approximate surface area is 194 Å². The summed E-state index contributed by atoms with van der Waals surface area (Å²) in [5, 5.41) is 17.0. The standard InChI is InChI=1S/C24H20N10/c1(7-17-15-33(31-29-17)23-13-25-19-9-3-5-11-21(19)27-23)2-8-18-16-34(32-30-18)24-14-26-20-10-4-6-12-22(20)28-24/h3-6,9-16H,1-2,7-8H2. The summed E-state index contributed by atoms with van der Waals surface area (Å²) in [7, 11) is 0. The smallest absolute Gasteiger partial charge is 0.174 e. The van der Waals surface area contributed by atoms with Crippen LogP contribution in [0.2, 0.25) is 0 Å². The molecule has 166 valence electrons. The van der Waals surface area contributed by atoms with Crippen molar-refractivity contribution >= 4 is 22.1 Å². The van der Waals surface area contributed by atoms with Crippen molar-refractivity contribution < 1.29 is 0 Å². The topological polar surface area (TPSA) is 113 Å². The molecule has 0 unspecified atom stereocenters. The van der Waals surface area contributed by atoms with Gasteiger partial charge in [0.1, 0.15) is 0 Å². The molecule has 0 atom stereocenters. The van der Waals surface area contributed by atoms with E-state index in [1.54, 1.807) is 21.8 Å². The van der Waals surface area contributed by atoms with Gasteiger partial charge < -0.3 is 0 Å². The molecule has 0 saturated heterocycles. The van der Waals surface area contributed by atoms with Crippen LogP contribution < -0.4 is 0 Å². The molecule has 4 aromatic heterocycles. The van der Waals surface area contributed by atoms with Gasteiger partial charge in [-0.05, 0) is 49.9 Å². The highest BCUT2D eigenvalue weighted by Gasteiger charge is 2.08. The molecule has 0 spiro atoms. The number of rotatable bonds is 7. The zero-order valence-electron chi connectivity index (χ0n) is 18.2. The summed E-state index contributed by atoms with van der Waals surface area (Å²) in [6.45, 7) is 0. The predicted octanol–water partition coefficient (Wildman–Crippen LogP) is 3.30. The van der Waals surface area contributed by atoms with Crippen LogP contribution in [0, 0.1) is 0 Å². The maximum absolute atomic E-state index is 4.61. The Morgan fingerprint density at radius 1 is 0.559 bits per heavy atom. The average molecular weight is 448 g/mol. The molecule has 4 heterocycles. The minimum absolute atomic E-state index is 0.658. The summed E-state index contributed by atoms with van der Waals surface area (Å²) >= 11 is 0. The predicted molar refractivity (Wildman–Crippen MR) is 126 cm³/mol. The molecule has 0 N–H and O–H groups in total. The van der Waals surface area contributed by atoms with Crippen LogP contribution in [0.4, 0.5) is 0 Å². The van der Waals surface area contributed by atoms with Gasteiger partial charge in [-0.1, -0.05) is 34.7 Å². The zero-order chi connectivity index (χ0) is 22.7. The van der Waals surface area contributed by atoms with Gasteiger partial charge in [0.25, 0.3) is 0 Å². The second kappa shape index (κ2) is 8.74. The molecule has 0 fully saturated rings. The quantitative estimate of drug-likeness (QED) is 0.342. The number of para-hydroxylation sites is 4. The van der Waals surface area contributed by atoms with Gasteiger partial charge in [-0.3, -0.25) is 9.97 Å². The van der Waals surface area contributed by atoms with Crippen LogP contribution >= 0.6 is 0 Å².